The van der Waals surface area contributed by atoms with Gasteiger partial charge in [-0.05, 0) is 37.1 Å². The predicted molar refractivity (Wildman–Crippen MR) is 82.4 cm³/mol. The molecule has 0 radical (unpaired) electrons. The van der Waals surface area contributed by atoms with Gasteiger partial charge < -0.3 is 4.74 Å². The fourth-order valence-corrected chi connectivity index (χ4v) is 2.41. The molecule has 1 aromatic carbocycles. The minimum Gasteiger partial charge on any atom is -0.468 e. The van der Waals surface area contributed by atoms with E-state index >= 15 is 0 Å². The molecule has 23 heavy (non-hydrogen) atoms. The van der Waals surface area contributed by atoms with Gasteiger partial charge in [0.15, 0.2) is 11.2 Å². The van der Waals surface area contributed by atoms with Crippen molar-refractivity contribution >= 4 is 17.1 Å². The van der Waals surface area contributed by atoms with Crippen LogP contribution in [0.4, 0.5) is 0 Å². The number of rotatable bonds is 3. The molecular formula is C15H15N5O3. The number of hydrogen-bond donors (Lipinski definition) is 0. The van der Waals surface area contributed by atoms with Crippen molar-refractivity contribution in [2.75, 3.05) is 7.11 Å². The first kappa shape index (κ1) is 14.9. The molecule has 2 heterocycles. The van der Waals surface area contributed by atoms with E-state index in [1.54, 1.807) is 0 Å². The van der Waals surface area contributed by atoms with E-state index in [9.17, 15) is 9.59 Å². The van der Waals surface area contributed by atoms with Gasteiger partial charge in [-0.2, -0.15) is 4.68 Å². The first-order valence-electron chi connectivity index (χ1n) is 6.96. The number of methoxy groups -OCH3 is 1. The summed E-state index contributed by atoms with van der Waals surface area (Å²) in [5.41, 5.74) is 2.95. The molecule has 0 saturated carbocycles. The number of ether oxygens (including phenoxy) is 1. The third kappa shape index (κ3) is 2.70. The van der Waals surface area contributed by atoms with Crippen LogP contribution in [0.25, 0.3) is 16.9 Å². The molecule has 0 aliphatic rings. The van der Waals surface area contributed by atoms with Crippen LogP contribution in [0.1, 0.15) is 11.1 Å². The Morgan fingerprint density at radius 2 is 1.91 bits per heavy atom. The smallest absolute Gasteiger partial charge is 0.325 e. The molecule has 0 N–H and O–H groups in total. The fourth-order valence-electron chi connectivity index (χ4n) is 2.41. The molecule has 8 nitrogen and oxygen atoms in total. The van der Waals surface area contributed by atoms with Gasteiger partial charge in [0.1, 0.15) is 12.9 Å². The van der Waals surface area contributed by atoms with E-state index in [0.29, 0.717) is 5.65 Å². The SMILES string of the molecule is COC(=O)Cn1cnc2c(nnn2-c2cc(C)cc(C)c2)c1=O. The van der Waals surface area contributed by atoms with Gasteiger partial charge in [0.25, 0.3) is 5.56 Å². The highest BCUT2D eigenvalue weighted by Gasteiger charge is 2.15. The number of aryl methyl sites for hydroxylation is 2. The maximum atomic E-state index is 12.4. The molecule has 0 aliphatic carbocycles. The largest absolute Gasteiger partial charge is 0.468 e. The standard InChI is InChI=1S/C15H15N5O3/c1-9-4-10(2)6-11(5-9)20-14-13(17-18-20)15(22)19(8-16-14)7-12(21)23-3/h4-6,8H,7H2,1-3H3. The Bertz CT molecular complexity index is 937. The number of carbonyl (C=O) groups is 1. The Hall–Kier alpha value is -3.03. The average Bonchev–Trinajstić information content (AvgIpc) is 2.93. The predicted octanol–water partition coefficient (Wildman–Crippen LogP) is 0.767. The summed E-state index contributed by atoms with van der Waals surface area (Å²) in [6.07, 6.45) is 1.30. The molecule has 0 spiro atoms. The van der Waals surface area contributed by atoms with Crippen LogP contribution in [-0.2, 0) is 16.1 Å². The van der Waals surface area contributed by atoms with Crippen molar-refractivity contribution in [3.8, 4) is 5.69 Å². The van der Waals surface area contributed by atoms with Crippen molar-refractivity contribution in [2.24, 2.45) is 0 Å². The molecule has 0 bridgehead atoms. The Labute approximate surface area is 131 Å². The summed E-state index contributed by atoms with van der Waals surface area (Å²) in [7, 11) is 1.26. The Kier molecular flexibility index (Phi) is 3.65. The van der Waals surface area contributed by atoms with E-state index in [1.165, 1.54) is 18.1 Å². The molecular weight excluding hydrogens is 298 g/mol. The number of esters is 1. The quantitative estimate of drug-likeness (QED) is 0.663. The molecule has 3 aromatic rings. The van der Waals surface area contributed by atoms with Gasteiger partial charge in [0.05, 0.1) is 12.8 Å². The van der Waals surface area contributed by atoms with Crippen molar-refractivity contribution < 1.29 is 9.53 Å². The average molecular weight is 313 g/mol. The number of aromatic nitrogens is 5. The summed E-state index contributed by atoms with van der Waals surface area (Å²) in [4.78, 5) is 27.9. The van der Waals surface area contributed by atoms with Crippen molar-refractivity contribution in [3.63, 3.8) is 0 Å². The van der Waals surface area contributed by atoms with Crippen LogP contribution in [0, 0.1) is 13.8 Å². The van der Waals surface area contributed by atoms with Crippen LogP contribution in [-0.4, -0.2) is 37.6 Å². The Balaban J connectivity index is 2.13. The highest BCUT2D eigenvalue weighted by Crippen LogP contribution is 2.15. The first-order valence-corrected chi connectivity index (χ1v) is 6.96. The fraction of sp³-hybridized carbons (Fsp3) is 0.267. The summed E-state index contributed by atoms with van der Waals surface area (Å²) in [6, 6.07) is 5.91. The lowest BCUT2D eigenvalue weighted by Crippen LogP contribution is -2.25. The zero-order chi connectivity index (χ0) is 16.6. The van der Waals surface area contributed by atoms with Crippen LogP contribution in [0.2, 0.25) is 0 Å². The topological polar surface area (TPSA) is 91.9 Å². The number of benzene rings is 1. The lowest BCUT2D eigenvalue weighted by molar-refractivity contribution is -0.141. The third-order valence-corrected chi connectivity index (χ3v) is 3.41. The van der Waals surface area contributed by atoms with E-state index in [0.717, 1.165) is 21.4 Å². The van der Waals surface area contributed by atoms with Gasteiger partial charge in [-0.15, -0.1) is 5.10 Å². The van der Waals surface area contributed by atoms with E-state index in [-0.39, 0.29) is 12.1 Å². The minimum absolute atomic E-state index is 0.107. The van der Waals surface area contributed by atoms with Crippen molar-refractivity contribution in [1.29, 1.82) is 0 Å². The van der Waals surface area contributed by atoms with Crippen molar-refractivity contribution in [1.82, 2.24) is 24.5 Å². The zero-order valence-corrected chi connectivity index (χ0v) is 13.0. The molecule has 0 atom stereocenters. The number of nitrogens with zero attached hydrogens (tertiary/aromatic N) is 5. The number of hydrogen-bond acceptors (Lipinski definition) is 6. The molecule has 0 fully saturated rings. The number of carbonyl (C=O) groups excluding carboxylic acids is 1. The van der Waals surface area contributed by atoms with Gasteiger partial charge in [0.2, 0.25) is 0 Å². The molecule has 2 aromatic heterocycles. The van der Waals surface area contributed by atoms with E-state index < -0.39 is 11.5 Å². The minimum atomic E-state index is -0.532. The van der Waals surface area contributed by atoms with Crippen molar-refractivity contribution in [3.05, 3.63) is 46.0 Å². The van der Waals surface area contributed by atoms with Crippen LogP contribution >= 0.6 is 0 Å². The highest BCUT2D eigenvalue weighted by molar-refractivity contribution is 5.72. The second-order valence-corrected chi connectivity index (χ2v) is 5.27. The Morgan fingerprint density at radius 1 is 1.22 bits per heavy atom. The first-order chi connectivity index (χ1) is 11.0. The van der Waals surface area contributed by atoms with Crippen LogP contribution in [0.3, 0.4) is 0 Å². The molecule has 0 unspecified atom stereocenters. The molecule has 118 valence electrons. The van der Waals surface area contributed by atoms with Crippen LogP contribution in [0.15, 0.2) is 29.3 Å². The Morgan fingerprint density at radius 3 is 2.57 bits per heavy atom. The van der Waals surface area contributed by atoms with Crippen molar-refractivity contribution in [2.45, 2.75) is 20.4 Å². The van der Waals surface area contributed by atoms with Gasteiger partial charge in [-0.1, -0.05) is 11.3 Å². The third-order valence-electron chi connectivity index (χ3n) is 3.41. The maximum Gasteiger partial charge on any atom is 0.325 e. The molecule has 0 saturated heterocycles. The molecule has 0 amide bonds. The van der Waals surface area contributed by atoms with E-state index in [4.69, 9.17) is 0 Å². The summed E-state index contributed by atoms with van der Waals surface area (Å²) in [5.74, 6) is -0.532. The monoisotopic (exact) mass is 313 g/mol. The van der Waals surface area contributed by atoms with E-state index in [2.05, 4.69) is 20.0 Å². The van der Waals surface area contributed by atoms with Gasteiger partial charge in [0, 0.05) is 0 Å². The summed E-state index contributed by atoms with van der Waals surface area (Å²) < 4.78 is 7.22. The van der Waals surface area contributed by atoms with Gasteiger partial charge in [-0.25, -0.2) is 4.98 Å². The molecule has 0 aliphatic heterocycles. The lowest BCUT2D eigenvalue weighted by Gasteiger charge is -2.06. The van der Waals surface area contributed by atoms with E-state index in [1.807, 2.05) is 32.0 Å². The summed E-state index contributed by atoms with van der Waals surface area (Å²) in [6.45, 7) is 3.74. The molecule has 8 heteroatoms. The number of fused-ring (bicyclic) bond motifs is 1. The molecule has 3 rings (SSSR count). The normalized spacial score (nSPS) is 10.9. The van der Waals surface area contributed by atoms with Gasteiger partial charge >= 0.3 is 5.97 Å². The van der Waals surface area contributed by atoms with Crippen LogP contribution in [0.5, 0.6) is 0 Å². The lowest BCUT2D eigenvalue weighted by atomic mass is 10.1. The van der Waals surface area contributed by atoms with Gasteiger partial charge in [-0.3, -0.25) is 14.2 Å². The summed E-state index contributed by atoms with van der Waals surface area (Å²) in [5, 5.41) is 7.94. The second kappa shape index (κ2) is 5.64. The zero-order valence-electron chi connectivity index (χ0n) is 13.0. The second-order valence-electron chi connectivity index (χ2n) is 5.27. The summed E-state index contributed by atoms with van der Waals surface area (Å²) >= 11 is 0. The van der Waals surface area contributed by atoms with Crippen LogP contribution < -0.4 is 5.56 Å². The highest BCUT2D eigenvalue weighted by atomic mass is 16.5. The maximum absolute atomic E-state index is 12.4.